The van der Waals surface area contributed by atoms with Crippen LogP contribution in [0.1, 0.15) is 58.8 Å². The molecule has 110 valence electrons. The van der Waals surface area contributed by atoms with Crippen molar-refractivity contribution in [2.24, 2.45) is 23.7 Å². The van der Waals surface area contributed by atoms with E-state index in [0.717, 1.165) is 24.9 Å². The van der Waals surface area contributed by atoms with Crippen LogP contribution in [0.4, 0.5) is 0 Å². The van der Waals surface area contributed by atoms with Gasteiger partial charge in [-0.2, -0.15) is 0 Å². The molecule has 0 aromatic rings. The van der Waals surface area contributed by atoms with Gasteiger partial charge in [-0.25, -0.2) is 0 Å². The number of fused-ring (bicyclic) bond motifs is 1. The predicted molar refractivity (Wildman–Crippen MR) is 79.0 cm³/mol. The summed E-state index contributed by atoms with van der Waals surface area (Å²) >= 11 is 0. The molecule has 2 nitrogen and oxygen atoms in total. The lowest BCUT2D eigenvalue weighted by Gasteiger charge is -2.41. The van der Waals surface area contributed by atoms with Crippen LogP contribution < -0.4 is 0 Å². The van der Waals surface area contributed by atoms with Gasteiger partial charge < -0.3 is 5.11 Å². The van der Waals surface area contributed by atoms with Crippen molar-refractivity contribution in [1.29, 1.82) is 0 Å². The summed E-state index contributed by atoms with van der Waals surface area (Å²) in [5, 5.41) is 10.4. The Morgan fingerprint density at radius 1 is 1.05 bits per heavy atom. The third kappa shape index (κ3) is 2.85. The van der Waals surface area contributed by atoms with E-state index in [1.165, 1.54) is 45.1 Å². The van der Waals surface area contributed by atoms with E-state index in [-0.39, 0.29) is 6.10 Å². The fraction of sp³-hybridized carbons (Fsp3) is 1.00. The van der Waals surface area contributed by atoms with E-state index in [2.05, 4.69) is 18.7 Å². The molecule has 1 heterocycles. The van der Waals surface area contributed by atoms with E-state index in [0.29, 0.717) is 17.8 Å². The lowest BCUT2D eigenvalue weighted by Crippen LogP contribution is -2.45. The second kappa shape index (κ2) is 5.73. The Kier molecular flexibility index (Phi) is 4.19. The molecule has 0 spiro atoms. The molecule has 0 bridgehead atoms. The first-order valence-corrected chi connectivity index (χ1v) is 8.57. The zero-order chi connectivity index (χ0) is 13.4. The quantitative estimate of drug-likeness (QED) is 0.828. The molecule has 0 radical (unpaired) electrons. The Bertz CT molecular complexity index is 294. The van der Waals surface area contributed by atoms with Crippen LogP contribution in [-0.2, 0) is 0 Å². The highest BCUT2D eigenvalue weighted by atomic mass is 16.3. The lowest BCUT2D eigenvalue weighted by atomic mass is 9.73. The van der Waals surface area contributed by atoms with E-state index < -0.39 is 0 Å². The molecule has 1 N–H and O–H groups in total. The summed E-state index contributed by atoms with van der Waals surface area (Å²) in [7, 11) is 0. The zero-order valence-corrected chi connectivity index (χ0v) is 12.7. The molecule has 2 heteroatoms. The second-order valence-electron chi connectivity index (χ2n) is 7.68. The normalized spacial score (nSPS) is 48.2. The number of hydrogen-bond donors (Lipinski definition) is 1. The molecule has 6 unspecified atom stereocenters. The van der Waals surface area contributed by atoms with Gasteiger partial charge in [0.2, 0.25) is 0 Å². The Morgan fingerprint density at radius 2 is 1.84 bits per heavy atom. The number of rotatable bonds is 2. The first-order valence-electron chi connectivity index (χ1n) is 8.57. The van der Waals surface area contributed by atoms with Gasteiger partial charge in [0, 0.05) is 18.5 Å². The van der Waals surface area contributed by atoms with Crippen molar-refractivity contribution in [2.75, 3.05) is 13.1 Å². The minimum Gasteiger partial charge on any atom is -0.393 e. The number of aliphatic hydroxyl groups excluding tert-OH is 1. The molecule has 1 aliphatic heterocycles. The molecule has 3 fully saturated rings. The molecule has 0 aromatic heterocycles. The van der Waals surface area contributed by atoms with E-state index in [9.17, 15) is 5.11 Å². The van der Waals surface area contributed by atoms with Gasteiger partial charge in [-0.3, -0.25) is 4.90 Å². The Morgan fingerprint density at radius 3 is 2.63 bits per heavy atom. The van der Waals surface area contributed by atoms with Crippen LogP contribution in [0.2, 0.25) is 0 Å². The molecule has 19 heavy (non-hydrogen) atoms. The van der Waals surface area contributed by atoms with Crippen LogP contribution in [-0.4, -0.2) is 35.2 Å². The Hall–Kier alpha value is -0.0800. The van der Waals surface area contributed by atoms with Crippen molar-refractivity contribution in [3.8, 4) is 0 Å². The zero-order valence-electron chi connectivity index (χ0n) is 12.7. The second-order valence-corrected chi connectivity index (χ2v) is 7.68. The molecule has 6 atom stereocenters. The minimum absolute atomic E-state index is 0.0543. The number of hydrogen-bond acceptors (Lipinski definition) is 2. The molecule has 2 saturated carbocycles. The fourth-order valence-corrected chi connectivity index (χ4v) is 5.17. The summed E-state index contributed by atoms with van der Waals surface area (Å²) in [4.78, 5) is 2.74. The van der Waals surface area contributed by atoms with Crippen molar-refractivity contribution in [1.82, 2.24) is 4.90 Å². The first kappa shape index (κ1) is 13.9. The van der Waals surface area contributed by atoms with Crippen molar-refractivity contribution in [2.45, 2.75) is 70.9 Å². The average Bonchev–Trinajstić information content (AvgIpc) is 2.77. The van der Waals surface area contributed by atoms with E-state index in [1.54, 1.807) is 0 Å². The Labute approximate surface area is 118 Å². The van der Waals surface area contributed by atoms with Crippen molar-refractivity contribution >= 4 is 0 Å². The van der Waals surface area contributed by atoms with Crippen LogP contribution in [0.15, 0.2) is 0 Å². The van der Waals surface area contributed by atoms with Crippen molar-refractivity contribution < 1.29 is 5.11 Å². The third-order valence-electron chi connectivity index (χ3n) is 6.21. The monoisotopic (exact) mass is 265 g/mol. The highest BCUT2D eigenvalue weighted by molar-refractivity contribution is 4.93. The molecule has 1 saturated heterocycles. The summed E-state index contributed by atoms with van der Waals surface area (Å²) in [5.41, 5.74) is 0. The molecule has 0 amide bonds. The topological polar surface area (TPSA) is 23.5 Å². The van der Waals surface area contributed by atoms with Crippen LogP contribution in [0, 0.1) is 23.7 Å². The third-order valence-corrected chi connectivity index (χ3v) is 6.21. The van der Waals surface area contributed by atoms with E-state index in [4.69, 9.17) is 0 Å². The summed E-state index contributed by atoms with van der Waals surface area (Å²) in [6.07, 6.45) is 9.45. The molecular formula is C17H31NO. The first-order chi connectivity index (χ1) is 9.15. The average molecular weight is 265 g/mol. The van der Waals surface area contributed by atoms with Gasteiger partial charge in [0.1, 0.15) is 0 Å². The summed E-state index contributed by atoms with van der Waals surface area (Å²) in [6.45, 7) is 7.11. The summed E-state index contributed by atoms with van der Waals surface area (Å²) in [5.74, 6) is 2.91. The van der Waals surface area contributed by atoms with Crippen LogP contribution >= 0.6 is 0 Å². The van der Waals surface area contributed by atoms with Crippen LogP contribution in [0.3, 0.4) is 0 Å². The van der Waals surface area contributed by atoms with Crippen LogP contribution in [0.5, 0.6) is 0 Å². The van der Waals surface area contributed by atoms with E-state index in [1.807, 2.05) is 0 Å². The number of nitrogens with zero attached hydrogens (tertiary/aromatic N) is 1. The minimum atomic E-state index is -0.0543. The number of likely N-dealkylation sites (tertiary alicyclic amines) is 1. The van der Waals surface area contributed by atoms with Gasteiger partial charge in [0.05, 0.1) is 6.10 Å². The van der Waals surface area contributed by atoms with Gasteiger partial charge in [0.25, 0.3) is 0 Å². The van der Waals surface area contributed by atoms with Crippen molar-refractivity contribution in [3.05, 3.63) is 0 Å². The SMILES string of the molecule is CC1CC(C)C(CN2CCC3CCCCC32)C(O)C1. The summed E-state index contributed by atoms with van der Waals surface area (Å²) in [6, 6.07) is 0.854. The maximum Gasteiger partial charge on any atom is 0.0585 e. The molecule has 2 aliphatic carbocycles. The van der Waals surface area contributed by atoms with Crippen LogP contribution in [0.25, 0.3) is 0 Å². The van der Waals surface area contributed by atoms with Gasteiger partial charge in [-0.15, -0.1) is 0 Å². The van der Waals surface area contributed by atoms with Gasteiger partial charge in [-0.1, -0.05) is 26.7 Å². The Balaban J connectivity index is 1.61. The largest absolute Gasteiger partial charge is 0.393 e. The standard InChI is InChI=1S/C17H31NO/c1-12-9-13(2)15(17(19)10-12)11-18-8-7-14-5-3-4-6-16(14)18/h12-17,19H,3-11H2,1-2H3. The molecule has 0 aromatic carbocycles. The lowest BCUT2D eigenvalue weighted by molar-refractivity contribution is -0.00715. The smallest absolute Gasteiger partial charge is 0.0585 e. The number of aliphatic hydroxyl groups is 1. The van der Waals surface area contributed by atoms with Gasteiger partial charge in [-0.05, 0) is 56.4 Å². The molecule has 3 rings (SSSR count). The molecular weight excluding hydrogens is 234 g/mol. The van der Waals surface area contributed by atoms with Gasteiger partial charge >= 0.3 is 0 Å². The fourth-order valence-electron chi connectivity index (χ4n) is 5.17. The highest BCUT2D eigenvalue weighted by Crippen LogP contribution is 2.39. The van der Waals surface area contributed by atoms with E-state index >= 15 is 0 Å². The highest BCUT2D eigenvalue weighted by Gasteiger charge is 2.40. The molecule has 3 aliphatic rings. The maximum atomic E-state index is 10.4. The predicted octanol–water partition coefficient (Wildman–Crippen LogP) is 3.29. The van der Waals surface area contributed by atoms with Gasteiger partial charge in [0.15, 0.2) is 0 Å². The van der Waals surface area contributed by atoms with Crippen molar-refractivity contribution in [3.63, 3.8) is 0 Å². The maximum absolute atomic E-state index is 10.4. The summed E-state index contributed by atoms with van der Waals surface area (Å²) < 4.78 is 0.